The van der Waals surface area contributed by atoms with Crippen molar-refractivity contribution in [3.63, 3.8) is 0 Å². The number of nitriles is 1. The van der Waals surface area contributed by atoms with Crippen molar-refractivity contribution in [3.8, 4) is 6.07 Å². The van der Waals surface area contributed by atoms with Gasteiger partial charge in [0.15, 0.2) is 10.8 Å². The van der Waals surface area contributed by atoms with E-state index in [1.54, 1.807) is 22.7 Å². The van der Waals surface area contributed by atoms with Gasteiger partial charge in [0.2, 0.25) is 5.91 Å². The van der Waals surface area contributed by atoms with Gasteiger partial charge >= 0.3 is 0 Å². The number of rotatable bonds is 4. The van der Waals surface area contributed by atoms with Gasteiger partial charge in [-0.1, -0.05) is 35.5 Å². The Labute approximate surface area is 169 Å². The fourth-order valence-electron chi connectivity index (χ4n) is 2.76. The predicted octanol–water partition coefficient (Wildman–Crippen LogP) is 3.84. The van der Waals surface area contributed by atoms with Crippen LogP contribution in [0.5, 0.6) is 0 Å². The number of benzene rings is 2. The molecule has 1 N–H and O–H groups in total. The van der Waals surface area contributed by atoms with Crippen molar-refractivity contribution in [2.75, 3.05) is 11.1 Å². The fraction of sp³-hybridized carbons (Fsp3) is 0.105. The fourth-order valence-corrected chi connectivity index (χ4v) is 3.68. The Morgan fingerprint density at radius 2 is 2.11 bits per heavy atom. The maximum absolute atomic E-state index is 12.4. The predicted molar refractivity (Wildman–Crippen MR) is 109 cm³/mol. The SMILES string of the molecule is Cc1nc2c3ccccc3nc(SCC(=O)Nc3cc(Cl)ccc3C#N)n2n1. The zero-order valence-corrected chi connectivity index (χ0v) is 16.3. The molecule has 1 amide bonds. The zero-order valence-electron chi connectivity index (χ0n) is 14.7. The first kappa shape index (κ1) is 18.2. The van der Waals surface area contributed by atoms with Gasteiger partial charge in [0.1, 0.15) is 11.9 Å². The number of fused-ring (bicyclic) bond motifs is 3. The molecule has 0 aliphatic rings. The number of carbonyl (C=O) groups is 1. The molecule has 0 saturated carbocycles. The third-order valence-electron chi connectivity index (χ3n) is 3.96. The third-order valence-corrected chi connectivity index (χ3v) is 5.13. The van der Waals surface area contributed by atoms with E-state index in [1.165, 1.54) is 11.8 Å². The Balaban J connectivity index is 1.59. The summed E-state index contributed by atoms with van der Waals surface area (Å²) in [5.74, 6) is 0.447. The lowest BCUT2D eigenvalue weighted by Gasteiger charge is -2.08. The normalized spacial score (nSPS) is 10.9. The summed E-state index contributed by atoms with van der Waals surface area (Å²) in [6.45, 7) is 1.81. The lowest BCUT2D eigenvalue weighted by Crippen LogP contribution is -2.15. The number of halogens is 1. The highest BCUT2D eigenvalue weighted by Gasteiger charge is 2.14. The summed E-state index contributed by atoms with van der Waals surface area (Å²) in [6, 6.07) is 14.4. The second-order valence-electron chi connectivity index (χ2n) is 5.94. The number of thioether (sulfide) groups is 1. The van der Waals surface area contributed by atoms with Crippen LogP contribution in [-0.2, 0) is 4.79 Å². The molecule has 4 aromatic rings. The summed E-state index contributed by atoms with van der Waals surface area (Å²) in [5.41, 5.74) is 2.22. The van der Waals surface area contributed by atoms with Crippen molar-refractivity contribution >= 4 is 51.5 Å². The van der Waals surface area contributed by atoms with E-state index in [1.807, 2.05) is 37.3 Å². The summed E-state index contributed by atoms with van der Waals surface area (Å²) in [4.78, 5) is 21.5. The van der Waals surface area contributed by atoms with E-state index in [9.17, 15) is 10.1 Å². The van der Waals surface area contributed by atoms with Gasteiger partial charge in [-0.05, 0) is 37.3 Å². The molecular weight excluding hydrogens is 396 g/mol. The van der Waals surface area contributed by atoms with Gasteiger partial charge in [-0.15, -0.1) is 5.10 Å². The molecule has 0 unspecified atom stereocenters. The Bertz CT molecular complexity index is 1260. The van der Waals surface area contributed by atoms with Crippen molar-refractivity contribution in [1.29, 1.82) is 5.26 Å². The van der Waals surface area contributed by atoms with Crippen LogP contribution in [0, 0.1) is 18.3 Å². The maximum Gasteiger partial charge on any atom is 0.234 e. The number of nitrogens with one attached hydrogen (secondary N) is 1. The lowest BCUT2D eigenvalue weighted by molar-refractivity contribution is -0.113. The van der Waals surface area contributed by atoms with Gasteiger partial charge in [-0.2, -0.15) is 9.78 Å². The second kappa shape index (κ2) is 7.46. The largest absolute Gasteiger partial charge is 0.324 e. The summed E-state index contributed by atoms with van der Waals surface area (Å²) < 4.78 is 1.65. The molecule has 0 atom stereocenters. The van der Waals surface area contributed by atoms with Crippen molar-refractivity contribution in [3.05, 3.63) is 58.9 Å². The average Bonchev–Trinajstić information content (AvgIpc) is 3.08. The van der Waals surface area contributed by atoms with Crippen LogP contribution in [0.1, 0.15) is 11.4 Å². The van der Waals surface area contributed by atoms with Crippen LogP contribution in [0.2, 0.25) is 5.02 Å². The van der Waals surface area contributed by atoms with Crippen molar-refractivity contribution in [1.82, 2.24) is 19.6 Å². The summed E-state index contributed by atoms with van der Waals surface area (Å²) in [5, 5.41) is 18.2. The zero-order chi connectivity index (χ0) is 19.7. The Hall–Kier alpha value is -3.15. The van der Waals surface area contributed by atoms with E-state index in [0.717, 1.165) is 10.9 Å². The molecule has 0 aliphatic carbocycles. The number of carbonyl (C=O) groups excluding carboxylic acids is 1. The minimum Gasteiger partial charge on any atom is -0.324 e. The van der Waals surface area contributed by atoms with Crippen LogP contribution in [0.3, 0.4) is 0 Å². The van der Waals surface area contributed by atoms with Gasteiger partial charge < -0.3 is 5.32 Å². The average molecular weight is 409 g/mol. The van der Waals surface area contributed by atoms with E-state index in [0.29, 0.717) is 32.9 Å². The van der Waals surface area contributed by atoms with Crippen LogP contribution in [0.4, 0.5) is 5.69 Å². The Morgan fingerprint density at radius 3 is 2.93 bits per heavy atom. The van der Waals surface area contributed by atoms with Gasteiger partial charge in [-0.3, -0.25) is 4.79 Å². The van der Waals surface area contributed by atoms with E-state index in [4.69, 9.17) is 11.6 Å². The molecule has 0 fully saturated rings. The highest BCUT2D eigenvalue weighted by atomic mass is 35.5. The number of hydrogen-bond acceptors (Lipinski definition) is 6. The minimum absolute atomic E-state index is 0.0940. The van der Waals surface area contributed by atoms with E-state index in [-0.39, 0.29) is 11.7 Å². The van der Waals surface area contributed by atoms with Crippen LogP contribution < -0.4 is 5.32 Å². The molecule has 4 rings (SSSR count). The molecular formula is C19H13ClN6OS. The number of anilines is 1. The number of aromatic nitrogens is 4. The van der Waals surface area contributed by atoms with Crippen molar-refractivity contribution < 1.29 is 4.79 Å². The monoisotopic (exact) mass is 408 g/mol. The van der Waals surface area contributed by atoms with Crippen molar-refractivity contribution in [2.45, 2.75) is 12.1 Å². The summed E-state index contributed by atoms with van der Waals surface area (Å²) >= 11 is 7.20. The Morgan fingerprint density at radius 1 is 1.29 bits per heavy atom. The molecule has 2 aromatic heterocycles. The van der Waals surface area contributed by atoms with E-state index < -0.39 is 0 Å². The number of aryl methyl sites for hydroxylation is 1. The lowest BCUT2D eigenvalue weighted by atomic mass is 10.2. The first-order valence-corrected chi connectivity index (χ1v) is 9.66. The third kappa shape index (κ3) is 3.50. The molecule has 0 bridgehead atoms. The first-order valence-electron chi connectivity index (χ1n) is 8.29. The second-order valence-corrected chi connectivity index (χ2v) is 7.32. The highest BCUT2D eigenvalue weighted by Crippen LogP contribution is 2.25. The molecule has 0 radical (unpaired) electrons. The molecule has 9 heteroatoms. The van der Waals surface area contributed by atoms with Gasteiger partial charge in [0, 0.05) is 10.4 Å². The number of nitrogens with zero attached hydrogens (tertiary/aromatic N) is 5. The van der Waals surface area contributed by atoms with Gasteiger partial charge in [0.05, 0.1) is 22.5 Å². The molecule has 28 heavy (non-hydrogen) atoms. The molecule has 0 aliphatic heterocycles. The highest BCUT2D eigenvalue weighted by molar-refractivity contribution is 7.99. The maximum atomic E-state index is 12.4. The molecule has 2 aromatic carbocycles. The van der Waals surface area contributed by atoms with Crippen LogP contribution in [-0.4, -0.2) is 31.2 Å². The molecule has 0 saturated heterocycles. The minimum atomic E-state index is -0.274. The van der Waals surface area contributed by atoms with Crippen LogP contribution >= 0.6 is 23.4 Å². The van der Waals surface area contributed by atoms with Crippen LogP contribution in [0.25, 0.3) is 16.6 Å². The standard InChI is InChI=1S/C19H13ClN6OS/c1-11-22-18-14-4-2-3-5-15(14)24-19(26(18)25-11)28-10-17(27)23-16-8-13(20)7-6-12(16)9-21/h2-8H,10H2,1H3,(H,23,27). The Kier molecular flexibility index (Phi) is 4.86. The van der Waals surface area contributed by atoms with Crippen molar-refractivity contribution in [2.24, 2.45) is 0 Å². The molecule has 2 heterocycles. The topological polar surface area (TPSA) is 96.0 Å². The molecule has 138 valence electrons. The molecule has 0 spiro atoms. The van der Waals surface area contributed by atoms with E-state index >= 15 is 0 Å². The number of para-hydroxylation sites is 1. The van der Waals surface area contributed by atoms with Gasteiger partial charge in [0.25, 0.3) is 0 Å². The first-order chi connectivity index (χ1) is 13.5. The summed E-state index contributed by atoms with van der Waals surface area (Å²) in [7, 11) is 0. The summed E-state index contributed by atoms with van der Waals surface area (Å²) in [6.07, 6.45) is 0. The van der Waals surface area contributed by atoms with E-state index in [2.05, 4.69) is 20.4 Å². The number of amides is 1. The molecule has 7 nitrogen and oxygen atoms in total. The number of hydrogen-bond donors (Lipinski definition) is 1. The quantitative estimate of drug-likeness (QED) is 0.407. The van der Waals surface area contributed by atoms with Crippen LogP contribution in [0.15, 0.2) is 47.6 Å². The van der Waals surface area contributed by atoms with Gasteiger partial charge in [-0.25, -0.2) is 9.97 Å². The smallest absolute Gasteiger partial charge is 0.234 e.